The minimum Gasteiger partial charge on any atom is -0.294 e. The second-order valence-corrected chi connectivity index (χ2v) is 6.57. The highest BCUT2D eigenvalue weighted by Gasteiger charge is 2.28. The number of rotatable bonds is 2. The second-order valence-electron chi connectivity index (χ2n) is 6.57. The van der Waals surface area contributed by atoms with Crippen LogP contribution in [0.2, 0.25) is 0 Å². The molecule has 1 unspecified atom stereocenters. The maximum absolute atomic E-state index is 12.5. The molecule has 0 fully saturated rings. The summed E-state index contributed by atoms with van der Waals surface area (Å²) >= 11 is 0. The molecule has 4 nitrogen and oxygen atoms in total. The zero-order valence-corrected chi connectivity index (χ0v) is 13.4. The molecule has 0 saturated heterocycles. The van der Waals surface area contributed by atoms with Crippen LogP contribution in [-0.2, 0) is 6.42 Å². The molecule has 2 heterocycles. The van der Waals surface area contributed by atoms with Crippen molar-refractivity contribution in [1.29, 1.82) is 0 Å². The third-order valence-electron chi connectivity index (χ3n) is 4.76. The zero-order valence-electron chi connectivity index (χ0n) is 13.4. The molecule has 0 amide bonds. The number of benzene rings is 1. The van der Waals surface area contributed by atoms with Gasteiger partial charge in [-0.15, -0.1) is 0 Å². The van der Waals surface area contributed by atoms with Gasteiger partial charge in [0, 0.05) is 18.7 Å². The van der Waals surface area contributed by atoms with E-state index < -0.39 is 0 Å². The van der Waals surface area contributed by atoms with E-state index in [0.29, 0.717) is 12.3 Å². The second kappa shape index (κ2) is 5.30. The van der Waals surface area contributed by atoms with E-state index in [9.17, 15) is 4.79 Å². The summed E-state index contributed by atoms with van der Waals surface area (Å²) in [7, 11) is 0. The molecule has 4 rings (SSSR count). The van der Waals surface area contributed by atoms with Crippen LogP contribution in [0.15, 0.2) is 42.7 Å². The van der Waals surface area contributed by atoms with Gasteiger partial charge < -0.3 is 0 Å². The Hall–Kier alpha value is -2.49. The topological polar surface area (TPSA) is 47.3 Å². The maximum Gasteiger partial charge on any atom is 0.166 e. The highest BCUT2D eigenvalue weighted by atomic mass is 16.1. The third-order valence-corrected chi connectivity index (χ3v) is 4.76. The van der Waals surface area contributed by atoms with Gasteiger partial charge in [0.25, 0.3) is 0 Å². The van der Waals surface area contributed by atoms with Crippen molar-refractivity contribution in [1.82, 2.24) is 14.6 Å². The van der Waals surface area contributed by atoms with Gasteiger partial charge in [-0.2, -0.15) is 5.10 Å². The minimum absolute atomic E-state index is 0.161. The number of carbonyl (C=O) groups excluding carboxylic acids is 1. The fourth-order valence-electron chi connectivity index (χ4n) is 3.38. The minimum atomic E-state index is 0.161. The van der Waals surface area contributed by atoms with Gasteiger partial charge in [-0.3, -0.25) is 4.79 Å². The SMILES string of the molecule is CC(C)c1ccc(C2CC(=O)c3cnc4ccnn4c3C2)cc1. The third kappa shape index (κ3) is 2.34. The van der Waals surface area contributed by atoms with Crippen molar-refractivity contribution in [2.45, 2.75) is 38.5 Å². The Labute approximate surface area is 135 Å². The maximum atomic E-state index is 12.5. The Morgan fingerprint density at radius 1 is 1.13 bits per heavy atom. The van der Waals surface area contributed by atoms with Crippen LogP contribution in [0.3, 0.4) is 0 Å². The van der Waals surface area contributed by atoms with Gasteiger partial charge in [-0.05, 0) is 29.4 Å². The Morgan fingerprint density at radius 2 is 1.91 bits per heavy atom. The van der Waals surface area contributed by atoms with E-state index in [-0.39, 0.29) is 11.7 Å². The first kappa shape index (κ1) is 14.1. The van der Waals surface area contributed by atoms with Gasteiger partial charge in [-0.1, -0.05) is 38.1 Å². The number of Topliss-reactive ketones (excluding diaryl/α,β-unsaturated/α-hetero) is 1. The van der Waals surface area contributed by atoms with Crippen molar-refractivity contribution in [3.8, 4) is 0 Å². The quantitative estimate of drug-likeness (QED) is 0.724. The Bertz CT molecular complexity index is 877. The summed E-state index contributed by atoms with van der Waals surface area (Å²) in [5.41, 5.74) is 5.05. The van der Waals surface area contributed by atoms with E-state index in [0.717, 1.165) is 23.3 Å². The number of fused-ring (bicyclic) bond motifs is 3. The first-order chi connectivity index (χ1) is 11.1. The van der Waals surface area contributed by atoms with Crippen LogP contribution >= 0.6 is 0 Å². The van der Waals surface area contributed by atoms with E-state index in [4.69, 9.17) is 0 Å². The van der Waals surface area contributed by atoms with Gasteiger partial charge in [0.15, 0.2) is 11.4 Å². The molecule has 0 bridgehead atoms. The highest BCUT2D eigenvalue weighted by molar-refractivity contribution is 5.98. The lowest BCUT2D eigenvalue weighted by molar-refractivity contribution is 0.0962. The van der Waals surface area contributed by atoms with E-state index >= 15 is 0 Å². The summed E-state index contributed by atoms with van der Waals surface area (Å²) in [6.07, 6.45) is 4.80. The van der Waals surface area contributed by atoms with Crippen molar-refractivity contribution in [2.24, 2.45) is 0 Å². The molecule has 4 heteroatoms. The van der Waals surface area contributed by atoms with Crippen molar-refractivity contribution in [2.75, 3.05) is 0 Å². The Kier molecular flexibility index (Phi) is 3.26. The number of hydrogen-bond acceptors (Lipinski definition) is 3. The molecular formula is C19H19N3O. The molecule has 0 N–H and O–H groups in total. The number of ketones is 1. The number of hydrogen-bond donors (Lipinski definition) is 0. The number of nitrogens with zero attached hydrogens (tertiary/aromatic N) is 3. The molecule has 3 aromatic rings. The average molecular weight is 305 g/mol. The van der Waals surface area contributed by atoms with Crippen LogP contribution in [0.25, 0.3) is 5.65 Å². The molecule has 116 valence electrons. The smallest absolute Gasteiger partial charge is 0.166 e. The Balaban J connectivity index is 1.73. The van der Waals surface area contributed by atoms with E-state index in [2.05, 4.69) is 48.2 Å². The van der Waals surface area contributed by atoms with Crippen LogP contribution < -0.4 is 0 Å². The molecule has 2 aromatic heterocycles. The summed E-state index contributed by atoms with van der Waals surface area (Å²) in [5.74, 6) is 0.896. The van der Waals surface area contributed by atoms with Crippen LogP contribution in [-0.4, -0.2) is 20.4 Å². The molecule has 0 radical (unpaired) electrons. The predicted octanol–water partition coefficient (Wildman–Crippen LogP) is 3.77. The highest BCUT2D eigenvalue weighted by Crippen LogP contribution is 2.33. The summed E-state index contributed by atoms with van der Waals surface area (Å²) in [5, 5.41) is 4.33. The summed E-state index contributed by atoms with van der Waals surface area (Å²) < 4.78 is 1.81. The van der Waals surface area contributed by atoms with E-state index in [1.807, 2.05) is 10.6 Å². The molecular weight excluding hydrogens is 286 g/mol. The summed E-state index contributed by atoms with van der Waals surface area (Å²) in [6.45, 7) is 4.38. The van der Waals surface area contributed by atoms with Crippen molar-refractivity contribution < 1.29 is 4.79 Å². The molecule has 1 aliphatic carbocycles. The molecule has 23 heavy (non-hydrogen) atoms. The summed E-state index contributed by atoms with van der Waals surface area (Å²) in [6, 6.07) is 10.6. The van der Waals surface area contributed by atoms with Crippen LogP contribution in [0.5, 0.6) is 0 Å². The van der Waals surface area contributed by atoms with Gasteiger partial charge >= 0.3 is 0 Å². The van der Waals surface area contributed by atoms with Gasteiger partial charge in [0.05, 0.1) is 17.5 Å². The lowest BCUT2D eigenvalue weighted by Crippen LogP contribution is -2.22. The fraction of sp³-hybridized carbons (Fsp3) is 0.316. The van der Waals surface area contributed by atoms with Crippen LogP contribution in [0.4, 0.5) is 0 Å². The lowest BCUT2D eigenvalue weighted by atomic mass is 9.81. The lowest BCUT2D eigenvalue weighted by Gasteiger charge is -2.24. The molecule has 1 atom stereocenters. The van der Waals surface area contributed by atoms with E-state index in [1.165, 1.54) is 11.1 Å². The molecule has 1 aliphatic rings. The molecule has 0 saturated carbocycles. The number of carbonyl (C=O) groups is 1. The van der Waals surface area contributed by atoms with Gasteiger partial charge in [-0.25, -0.2) is 9.50 Å². The zero-order chi connectivity index (χ0) is 16.0. The van der Waals surface area contributed by atoms with Gasteiger partial charge in [0.1, 0.15) is 0 Å². The predicted molar refractivity (Wildman–Crippen MR) is 88.9 cm³/mol. The normalized spacial score (nSPS) is 17.7. The van der Waals surface area contributed by atoms with Crippen molar-refractivity contribution in [3.63, 3.8) is 0 Å². The number of aromatic nitrogens is 3. The largest absolute Gasteiger partial charge is 0.294 e. The summed E-state index contributed by atoms with van der Waals surface area (Å²) in [4.78, 5) is 16.8. The fourth-order valence-corrected chi connectivity index (χ4v) is 3.38. The molecule has 0 spiro atoms. The first-order valence-electron chi connectivity index (χ1n) is 8.08. The van der Waals surface area contributed by atoms with Crippen LogP contribution in [0.1, 0.15) is 59.3 Å². The molecule has 1 aromatic carbocycles. The van der Waals surface area contributed by atoms with E-state index in [1.54, 1.807) is 12.4 Å². The standard InChI is InChI=1S/C19H19N3O/c1-12(2)13-3-5-14(6-4-13)15-9-17-16(18(23)10-15)11-20-19-7-8-21-22(17)19/h3-8,11-12,15H,9-10H2,1-2H3. The van der Waals surface area contributed by atoms with Gasteiger partial charge in [0.2, 0.25) is 0 Å². The van der Waals surface area contributed by atoms with Crippen molar-refractivity contribution in [3.05, 3.63) is 65.1 Å². The van der Waals surface area contributed by atoms with Crippen molar-refractivity contribution >= 4 is 11.4 Å². The van der Waals surface area contributed by atoms with Crippen LogP contribution in [0, 0.1) is 0 Å². The average Bonchev–Trinajstić information content (AvgIpc) is 3.04. The Morgan fingerprint density at radius 3 is 2.65 bits per heavy atom. The molecule has 0 aliphatic heterocycles. The monoisotopic (exact) mass is 305 g/mol. The first-order valence-corrected chi connectivity index (χ1v) is 8.08.